The first-order valence-corrected chi connectivity index (χ1v) is 6.88. The summed E-state index contributed by atoms with van der Waals surface area (Å²) in [7, 11) is 0. The minimum Gasteiger partial charge on any atom is -0.463 e. The van der Waals surface area contributed by atoms with Crippen LogP contribution in [0.4, 0.5) is 5.69 Å². The number of carbonyl (C=O) groups is 2. The van der Waals surface area contributed by atoms with Crippen molar-refractivity contribution in [2.45, 2.75) is 20.3 Å². The minimum absolute atomic E-state index is 0.0733. The van der Waals surface area contributed by atoms with Crippen LogP contribution < -0.4 is 10.7 Å². The Hall–Kier alpha value is -2.89. The molecular weight excluding hydrogens is 282 g/mol. The van der Waals surface area contributed by atoms with E-state index >= 15 is 0 Å². The van der Waals surface area contributed by atoms with Gasteiger partial charge in [-0.2, -0.15) is 5.10 Å². The van der Waals surface area contributed by atoms with Crippen LogP contribution in [0.1, 0.15) is 36.4 Å². The van der Waals surface area contributed by atoms with Gasteiger partial charge in [0.05, 0.1) is 6.26 Å². The normalized spacial score (nSPS) is 11.1. The van der Waals surface area contributed by atoms with Crippen LogP contribution in [0.5, 0.6) is 0 Å². The molecule has 0 saturated heterocycles. The Morgan fingerprint density at radius 1 is 1.18 bits per heavy atom. The maximum atomic E-state index is 12.0. The van der Waals surface area contributed by atoms with Crippen molar-refractivity contribution in [3.05, 3.63) is 54.0 Å². The molecule has 114 valence electrons. The van der Waals surface area contributed by atoms with Crippen molar-refractivity contribution in [3.63, 3.8) is 0 Å². The molecule has 2 aromatic rings. The SMILES string of the molecule is CCC(=O)Nc1ccc(C(=O)N/N=C(/C)c2ccco2)cc1. The molecule has 0 unspecified atom stereocenters. The molecule has 1 aromatic heterocycles. The summed E-state index contributed by atoms with van der Waals surface area (Å²) in [6.07, 6.45) is 1.95. The van der Waals surface area contributed by atoms with Crippen LogP contribution in [-0.2, 0) is 4.79 Å². The number of hydrogen-bond donors (Lipinski definition) is 2. The first-order valence-electron chi connectivity index (χ1n) is 6.88. The van der Waals surface area contributed by atoms with E-state index in [1.54, 1.807) is 56.5 Å². The number of rotatable bonds is 5. The fraction of sp³-hybridized carbons (Fsp3) is 0.188. The van der Waals surface area contributed by atoms with Crippen LogP contribution in [0.15, 0.2) is 52.2 Å². The van der Waals surface area contributed by atoms with Crippen LogP contribution in [0.2, 0.25) is 0 Å². The zero-order valence-electron chi connectivity index (χ0n) is 12.4. The Kier molecular flexibility index (Phi) is 5.08. The van der Waals surface area contributed by atoms with Crippen molar-refractivity contribution in [2.24, 2.45) is 5.10 Å². The second-order valence-electron chi connectivity index (χ2n) is 4.59. The van der Waals surface area contributed by atoms with Crippen LogP contribution >= 0.6 is 0 Å². The van der Waals surface area contributed by atoms with Gasteiger partial charge in [-0.15, -0.1) is 0 Å². The molecule has 0 fully saturated rings. The summed E-state index contributed by atoms with van der Waals surface area (Å²) < 4.78 is 5.17. The van der Waals surface area contributed by atoms with Crippen LogP contribution in [-0.4, -0.2) is 17.5 Å². The standard InChI is InChI=1S/C16H17N3O3/c1-3-15(20)17-13-8-6-12(7-9-13)16(21)19-18-11(2)14-5-4-10-22-14/h4-10H,3H2,1-2H3,(H,17,20)(H,19,21)/b18-11-. The largest absolute Gasteiger partial charge is 0.463 e. The molecule has 0 aliphatic carbocycles. The maximum Gasteiger partial charge on any atom is 0.271 e. The molecule has 0 aliphatic heterocycles. The van der Waals surface area contributed by atoms with E-state index in [1.165, 1.54) is 0 Å². The van der Waals surface area contributed by atoms with Crippen LogP contribution in [0.3, 0.4) is 0 Å². The number of amides is 2. The summed E-state index contributed by atoms with van der Waals surface area (Å²) >= 11 is 0. The Labute approximate surface area is 128 Å². The molecule has 2 rings (SSSR count). The second-order valence-corrected chi connectivity index (χ2v) is 4.59. The highest BCUT2D eigenvalue weighted by Gasteiger charge is 2.06. The third-order valence-corrected chi connectivity index (χ3v) is 2.95. The molecule has 0 saturated carbocycles. The molecule has 0 aliphatic rings. The quantitative estimate of drug-likeness (QED) is 0.657. The predicted molar refractivity (Wildman–Crippen MR) is 83.7 cm³/mol. The van der Waals surface area contributed by atoms with E-state index in [1.807, 2.05) is 0 Å². The van der Waals surface area contributed by atoms with Gasteiger partial charge < -0.3 is 9.73 Å². The Bertz CT molecular complexity index is 673. The third kappa shape index (κ3) is 4.05. The Morgan fingerprint density at radius 3 is 2.50 bits per heavy atom. The summed E-state index contributed by atoms with van der Waals surface area (Å²) in [5.41, 5.74) is 4.14. The number of nitrogens with zero attached hydrogens (tertiary/aromatic N) is 1. The van der Waals surface area contributed by atoms with E-state index in [2.05, 4.69) is 15.8 Å². The molecule has 1 aromatic carbocycles. The van der Waals surface area contributed by atoms with Crippen LogP contribution in [0.25, 0.3) is 0 Å². The molecule has 0 spiro atoms. The lowest BCUT2D eigenvalue weighted by Gasteiger charge is -2.05. The lowest BCUT2D eigenvalue weighted by molar-refractivity contribution is -0.115. The van der Waals surface area contributed by atoms with Crippen molar-refractivity contribution in [3.8, 4) is 0 Å². The van der Waals surface area contributed by atoms with Crippen LogP contribution in [0, 0.1) is 0 Å². The van der Waals surface area contributed by atoms with E-state index < -0.39 is 0 Å². The van der Waals surface area contributed by atoms with E-state index in [-0.39, 0.29) is 11.8 Å². The predicted octanol–water partition coefficient (Wildman–Crippen LogP) is 2.78. The number of hydrogen-bond acceptors (Lipinski definition) is 4. The van der Waals surface area contributed by atoms with E-state index in [0.29, 0.717) is 29.1 Å². The summed E-state index contributed by atoms with van der Waals surface area (Å²) in [6, 6.07) is 10.1. The molecule has 6 nitrogen and oxygen atoms in total. The van der Waals surface area contributed by atoms with Gasteiger partial charge in [-0.3, -0.25) is 9.59 Å². The van der Waals surface area contributed by atoms with E-state index in [0.717, 1.165) is 0 Å². The molecule has 22 heavy (non-hydrogen) atoms. The fourth-order valence-corrected chi connectivity index (χ4v) is 1.69. The number of nitrogens with one attached hydrogen (secondary N) is 2. The van der Waals surface area contributed by atoms with Crippen molar-refractivity contribution >= 4 is 23.2 Å². The number of anilines is 1. The average molecular weight is 299 g/mol. The highest BCUT2D eigenvalue weighted by molar-refractivity contribution is 5.99. The molecule has 1 heterocycles. The summed E-state index contributed by atoms with van der Waals surface area (Å²) in [5, 5.41) is 6.70. The van der Waals surface area contributed by atoms with Crippen molar-refractivity contribution < 1.29 is 14.0 Å². The van der Waals surface area contributed by atoms with Gasteiger partial charge in [0.2, 0.25) is 5.91 Å². The summed E-state index contributed by atoms with van der Waals surface area (Å²) in [5.74, 6) is 0.188. The van der Waals surface area contributed by atoms with Gasteiger partial charge in [0.25, 0.3) is 5.91 Å². The van der Waals surface area contributed by atoms with Crippen molar-refractivity contribution in [1.29, 1.82) is 0 Å². The molecule has 0 atom stereocenters. The molecule has 2 N–H and O–H groups in total. The average Bonchev–Trinajstić information content (AvgIpc) is 3.07. The monoisotopic (exact) mass is 299 g/mol. The van der Waals surface area contributed by atoms with Gasteiger partial charge in [0, 0.05) is 17.7 Å². The van der Waals surface area contributed by atoms with Gasteiger partial charge in [0.1, 0.15) is 11.5 Å². The zero-order valence-corrected chi connectivity index (χ0v) is 12.4. The Balaban J connectivity index is 1.98. The fourth-order valence-electron chi connectivity index (χ4n) is 1.69. The van der Waals surface area contributed by atoms with Gasteiger partial charge in [-0.1, -0.05) is 6.92 Å². The first kappa shape index (κ1) is 15.5. The lowest BCUT2D eigenvalue weighted by Crippen LogP contribution is -2.19. The maximum absolute atomic E-state index is 12.0. The zero-order chi connectivity index (χ0) is 15.9. The number of furan rings is 1. The van der Waals surface area contributed by atoms with Crippen molar-refractivity contribution in [1.82, 2.24) is 5.43 Å². The smallest absolute Gasteiger partial charge is 0.271 e. The molecule has 2 amide bonds. The second kappa shape index (κ2) is 7.21. The topological polar surface area (TPSA) is 83.7 Å². The van der Waals surface area contributed by atoms with Gasteiger partial charge in [0.15, 0.2) is 0 Å². The van der Waals surface area contributed by atoms with E-state index in [9.17, 15) is 9.59 Å². The lowest BCUT2D eigenvalue weighted by atomic mass is 10.2. The van der Waals surface area contributed by atoms with Gasteiger partial charge >= 0.3 is 0 Å². The van der Waals surface area contributed by atoms with E-state index in [4.69, 9.17) is 4.42 Å². The molecule has 0 bridgehead atoms. The summed E-state index contributed by atoms with van der Waals surface area (Å²) in [4.78, 5) is 23.2. The number of hydrazone groups is 1. The van der Waals surface area contributed by atoms with Gasteiger partial charge in [-0.25, -0.2) is 5.43 Å². The number of benzene rings is 1. The highest BCUT2D eigenvalue weighted by Crippen LogP contribution is 2.10. The summed E-state index contributed by atoms with van der Waals surface area (Å²) in [6.45, 7) is 3.51. The Morgan fingerprint density at radius 2 is 1.91 bits per heavy atom. The van der Waals surface area contributed by atoms with Gasteiger partial charge in [-0.05, 0) is 43.3 Å². The minimum atomic E-state index is -0.334. The molecular formula is C16H17N3O3. The number of carbonyl (C=O) groups excluding carboxylic acids is 2. The first-order chi connectivity index (χ1) is 10.6. The molecule has 6 heteroatoms. The third-order valence-electron chi connectivity index (χ3n) is 2.95. The molecule has 0 radical (unpaired) electrons. The highest BCUT2D eigenvalue weighted by atomic mass is 16.3. The van der Waals surface area contributed by atoms with Crippen molar-refractivity contribution in [2.75, 3.05) is 5.32 Å².